The second-order valence-electron chi connectivity index (χ2n) is 5.99. The summed E-state index contributed by atoms with van der Waals surface area (Å²) in [6.45, 7) is -1.12. The van der Waals surface area contributed by atoms with E-state index in [-0.39, 0.29) is 30.1 Å². The Bertz CT molecular complexity index is 728. The third-order valence-electron chi connectivity index (χ3n) is 4.03. The fourth-order valence-electron chi connectivity index (χ4n) is 2.45. The number of carbonyl (C=O) groups is 1. The molecule has 10 nitrogen and oxygen atoms in total. The molecule has 28 heavy (non-hydrogen) atoms. The van der Waals surface area contributed by atoms with Crippen molar-refractivity contribution in [1.29, 1.82) is 5.26 Å². The van der Waals surface area contributed by atoms with Gasteiger partial charge in [0, 0.05) is 0 Å². The van der Waals surface area contributed by atoms with E-state index >= 15 is 0 Å². The minimum Gasteiger partial charge on any atom is -0.508 e. The molecule has 152 valence electrons. The summed E-state index contributed by atoms with van der Waals surface area (Å²) in [6, 6.07) is 7.09. The minimum atomic E-state index is -1.64. The molecule has 1 aromatic rings. The normalized spacial score (nSPS) is 27.8. The third-order valence-corrected chi connectivity index (χ3v) is 4.03. The second kappa shape index (κ2) is 10.1. The zero-order chi connectivity index (χ0) is 20.7. The zero-order valence-electron chi connectivity index (χ0n) is 14.7. The van der Waals surface area contributed by atoms with Crippen LogP contribution in [0.15, 0.2) is 35.9 Å². The van der Waals surface area contributed by atoms with Crippen LogP contribution in [0.1, 0.15) is 10.4 Å². The highest BCUT2D eigenvalue weighted by Crippen LogP contribution is 2.23. The molecule has 5 N–H and O–H groups in total. The lowest BCUT2D eigenvalue weighted by Gasteiger charge is -2.39. The molecule has 5 atom stereocenters. The molecule has 0 aliphatic carbocycles. The molecule has 0 saturated carbocycles. The highest BCUT2D eigenvalue weighted by Gasteiger charge is 2.44. The monoisotopic (exact) mass is 395 g/mol. The number of nitrogens with zero attached hydrogens (tertiary/aromatic N) is 1. The van der Waals surface area contributed by atoms with Gasteiger partial charge in [0.1, 0.15) is 36.8 Å². The Kier molecular flexibility index (Phi) is 7.89. The summed E-state index contributed by atoms with van der Waals surface area (Å²) >= 11 is 0. The number of aromatic hydroxyl groups is 1. The predicted octanol–water partition coefficient (Wildman–Crippen LogP) is -1.18. The molecular formula is C18H21NO9. The summed E-state index contributed by atoms with van der Waals surface area (Å²) < 4.78 is 15.6. The topological polar surface area (TPSA) is 170 Å². The van der Waals surface area contributed by atoms with Crippen molar-refractivity contribution in [2.75, 3.05) is 19.8 Å². The summed E-state index contributed by atoms with van der Waals surface area (Å²) in [5.74, 6) is -0.766. The molecule has 0 spiro atoms. The van der Waals surface area contributed by atoms with Crippen LogP contribution >= 0.6 is 0 Å². The van der Waals surface area contributed by atoms with E-state index in [1.165, 1.54) is 30.3 Å². The van der Waals surface area contributed by atoms with E-state index in [0.717, 1.165) is 0 Å². The summed E-state index contributed by atoms with van der Waals surface area (Å²) in [4.78, 5) is 12.0. The Morgan fingerprint density at radius 3 is 2.46 bits per heavy atom. The van der Waals surface area contributed by atoms with Crippen molar-refractivity contribution in [3.8, 4) is 11.8 Å². The molecule has 1 fully saturated rings. The maximum absolute atomic E-state index is 12.0. The molecule has 1 saturated heterocycles. The second-order valence-corrected chi connectivity index (χ2v) is 5.99. The highest BCUT2D eigenvalue weighted by atomic mass is 16.7. The maximum atomic E-state index is 12.0. The van der Waals surface area contributed by atoms with Crippen molar-refractivity contribution in [3.05, 3.63) is 41.5 Å². The van der Waals surface area contributed by atoms with Crippen LogP contribution in [0.2, 0.25) is 0 Å². The largest absolute Gasteiger partial charge is 0.508 e. The number of aliphatic hydroxyl groups excluding tert-OH is 4. The van der Waals surface area contributed by atoms with Crippen molar-refractivity contribution in [3.63, 3.8) is 0 Å². The zero-order valence-corrected chi connectivity index (χ0v) is 14.7. The van der Waals surface area contributed by atoms with Gasteiger partial charge in [0.2, 0.25) is 0 Å². The number of phenolic OH excluding ortho intramolecular Hbond substituents is 1. The number of hydrogen-bond donors (Lipinski definition) is 5. The Balaban J connectivity index is 1.97. The molecule has 0 amide bonds. The summed E-state index contributed by atoms with van der Waals surface area (Å²) in [7, 11) is 0. The molecule has 0 radical (unpaired) electrons. The van der Waals surface area contributed by atoms with Crippen LogP contribution in [0.5, 0.6) is 5.75 Å². The number of hydrogen-bond acceptors (Lipinski definition) is 10. The van der Waals surface area contributed by atoms with Crippen LogP contribution in [-0.2, 0) is 14.2 Å². The fourth-order valence-corrected chi connectivity index (χ4v) is 2.45. The van der Waals surface area contributed by atoms with Crippen LogP contribution in [0, 0.1) is 11.3 Å². The van der Waals surface area contributed by atoms with Gasteiger partial charge in [0.25, 0.3) is 0 Å². The van der Waals surface area contributed by atoms with E-state index in [4.69, 9.17) is 24.6 Å². The summed E-state index contributed by atoms with van der Waals surface area (Å²) in [5, 5.41) is 56.9. The standard InChI is InChI=1S/C18H21NO9/c19-7-10(5-6-20)8-27-18-16(24)15(23)14(22)13(28-18)9-26-17(25)11-1-3-12(21)4-2-11/h1-5,13-16,18,20-24H,6,8-9H2/b10-5+/t13-,14-,15+,16-,18-/m1/s1. The van der Waals surface area contributed by atoms with Crippen LogP contribution < -0.4 is 0 Å². The Hall–Kier alpha value is -2.52. The first-order valence-corrected chi connectivity index (χ1v) is 8.34. The molecule has 0 aromatic heterocycles. The van der Waals surface area contributed by atoms with Crippen molar-refractivity contribution >= 4 is 5.97 Å². The average molecular weight is 395 g/mol. The van der Waals surface area contributed by atoms with Gasteiger partial charge in [-0.3, -0.25) is 0 Å². The third kappa shape index (κ3) is 5.49. The Morgan fingerprint density at radius 2 is 1.86 bits per heavy atom. The molecule has 0 bridgehead atoms. The van der Waals surface area contributed by atoms with Gasteiger partial charge in [-0.2, -0.15) is 5.26 Å². The maximum Gasteiger partial charge on any atom is 0.338 e. The van der Waals surface area contributed by atoms with Gasteiger partial charge in [0.15, 0.2) is 6.29 Å². The lowest BCUT2D eigenvalue weighted by Crippen LogP contribution is -2.59. The number of phenols is 1. The van der Waals surface area contributed by atoms with E-state index in [2.05, 4.69) is 0 Å². The van der Waals surface area contributed by atoms with Crippen LogP contribution in [0.25, 0.3) is 0 Å². The molecule has 10 heteroatoms. The number of esters is 1. The van der Waals surface area contributed by atoms with Gasteiger partial charge in [-0.1, -0.05) is 0 Å². The quantitative estimate of drug-likeness (QED) is 0.279. The summed E-state index contributed by atoms with van der Waals surface area (Å²) in [6.07, 6.45) is -6.18. The molecular weight excluding hydrogens is 374 g/mol. The van der Waals surface area contributed by atoms with Crippen LogP contribution in [0.4, 0.5) is 0 Å². The number of rotatable bonds is 7. The number of carbonyl (C=O) groups excluding carboxylic acids is 1. The van der Waals surface area contributed by atoms with Gasteiger partial charge < -0.3 is 39.7 Å². The van der Waals surface area contributed by atoms with Gasteiger partial charge in [-0.15, -0.1) is 0 Å². The van der Waals surface area contributed by atoms with Gasteiger partial charge in [-0.25, -0.2) is 4.79 Å². The molecule has 1 aromatic carbocycles. The van der Waals surface area contributed by atoms with Crippen molar-refractivity contribution in [2.24, 2.45) is 0 Å². The lowest BCUT2D eigenvalue weighted by atomic mass is 9.99. The Labute approximate surface area is 160 Å². The van der Waals surface area contributed by atoms with E-state index in [1.54, 1.807) is 6.07 Å². The van der Waals surface area contributed by atoms with Crippen molar-refractivity contribution in [2.45, 2.75) is 30.7 Å². The lowest BCUT2D eigenvalue weighted by molar-refractivity contribution is -0.298. The first kappa shape index (κ1) is 21.8. The fraction of sp³-hybridized carbons (Fsp3) is 0.444. The smallest absolute Gasteiger partial charge is 0.338 e. The first-order chi connectivity index (χ1) is 13.4. The van der Waals surface area contributed by atoms with E-state index < -0.39 is 43.3 Å². The molecule has 2 rings (SSSR count). The SMILES string of the molecule is N#C/C(=C\CO)CO[C@@H]1O[C@H](COC(=O)c2ccc(O)cc2)[C@@H](O)[C@H](O)[C@H]1O. The van der Waals surface area contributed by atoms with Gasteiger partial charge in [-0.05, 0) is 30.3 Å². The molecule has 1 aliphatic rings. The molecule has 1 aliphatic heterocycles. The first-order valence-electron chi connectivity index (χ1n) is 8.34. The van der Waals surface area contributed by atoms with Crippen molar-refractivity contribution < 1.29 is 44.5 Å². The number of nitriles is 1. The van der Waals surface area contributed by atoms with Gasteiger partial charge in [0.05, 0.1) is 30.4 Å². The minimum absolute atomic E-state index is 0.0216. The summed E-state index contributed by atoms with van der Waals surface area (Å²) in [5.41, 5.74) is 0.235. The molecule has 1 heterocycles. The van der Waals surface area contributed by atoms with Gasteiger partial charge >= 0.3 is 5.97 Å². The number of aliphatic hydroxyl groups is 4. The van der Waals surface area contributed by atoms with E-state index in [1.807, 2.05) is 0 Å². The number of ether oxygens (including phenoxy) is 3. The van der Waals surface area contributed by atoms with E-state index in [9.17, 15) is 25.2 Å². The van der Waals surface area contributed by atoms with E-state index in [0.29, 0.717) is 0 Å². The average Bonchev–Trinajstić information content (AvgIpc) is 2.70. The highest BCUT2D eigenvalue weighted by molar-refractivity contribution is 5.89. The number of benzene rings is 1. The van der Waals surface area contributed by atoms with Crippen molar-refractivity contribution in [1.82, 2.24) is 0 Å². The molecule has 0 unspecified atom stereocenters. The predicted molar refractivity (Wildman–Crippen MR) is 91.8 cm³/mol. The van der Waals surface area contributed by atoms with Crippen LogP contribution in [0.3, 0.4) is 0 Å². The van der Waals surface area contributed by atoms with Crippen LogP contribution in [-0.4, -0.2) is 82.0 Å². The Morgan fingerprint density at radius 1 is 1.18 bits per heavy atom.